The third-order valence-corrected chi connectivity index (χ3v) is 4.00. The van der Waals surface area contributed by atoms with Crippen molar-refractivity contribution in [1.82, 2.24) is 4.98 Å². The van der Waals surface area contributed by atoms with E-state index in [0.29, 0.717) is 11.4 Å². The van der Waals surface area contributed by atoms with Crippen molar-refractivity contribution in [2.45, 2.75) is 25.8 Å². The molecule has 3 N–H and O–H groups in total. The molecule has 0 spiro atoms. The number of nitrogens with one attached hydrogen (secondary N) is 1. The van der Waals surface area contributed by atoms with Crippen LogP contribution in [-0.2, 0) is 4.79 Å². The number of amides is 1. The van der Waals surface area contributed by atoms with Crippen molar-refractivity contribution in [3.8, 4) is 0 Å². The van der Waals surface area contributed by atoms with Gasteiger partial charge in [-0.1, -0.05) is 29.5 Å². The highest BCUT2D eigenvalue weighted by atomic mass is 32.2. The van der Waals surface area contributed by atoms with Gasteiger partial charge in [0.25, 0.3) is 0 Å². The van der Waals surface area contributed by atoms with Gasteiger partial charge in [0.15, 0.2) is 0 Å². The molecule has 1 aromatic heterocycles. The van der Waals surface area contributed by atoms with Crippen LogP contribution in [0.3, 0.4) is 0 Å². The average Bonchev–Trinajstić information content (AvgIpc) is 2.42. The molecular formula is C16H19N3OS. The Balaban J connectivity index is 1.97. The number of rotatable bonds is 4. The monoisotopic (exact) mass is 301 g/mol. The van der Waals surface area contributed by atoms with Crippen molar-refractivity contribution in [1.29, 1.82) is 0 Å². The molecule has 0 saturated heterocycles. The van der Waals surface area contributed by atoms with Crippen LogP contribution >= 0.6 is 11.8 Å². The Morgan fingerprint density at radius 3 is 2.48 bits per heavy atom. The number of carbonyl (C=O) groups excluding carboxylic acids is 1. The number of pyridine rings is 1. The van der Waals surface area contributed by atoms with E-state index in [0.717, 1.165) is 21.8 Å². The predicted molar refractivity (Wildman–Crippen MR) is 88.7 cm³/mol. The quantitative estimate of drug-likeness (QED) is 0.850. The molecule has 21 heavy (non-hydrogen) atoms. The molecule has 1 heterocycles. The molecule has 4 nitrogen and oxygen atoms in total. The highest BCUT2D eigenvalue weighted by molar-refractivity contribution is 7.99. The largest absolute Gasteiger partial charge is 0.397 e. The van der Waals surface area contributed by atoms with Gasteiger partial charge < -0.3 is 11.1 Å². The lowest BCUT2D eigenvalue weighted by Crippen LogP contribution is -2.16. The van der Waals surface area contributed by atoms with Crippen LogP contribution in [0.15, 0.2) is 35.5 Å². The molecule has 2 aromatic rings. The van der Waals surface area contributed by atoms with Gasteiger partial charge in [-0.2, -0.15) is 0 Å². The second-order valence-electron chi connectivity index (χ2n) is 5.04. The fourth-order valence-corrected chi connectivity index (χ4v) is 2.81. The van der Waals surface area contributed by atoms with E-state index in [1.54, 1.807) is 12.3 Å². The number of hydrogen-bond donors (Lipinski definition) is 2. The van der Waals surface area contributed by atoms with Crippen molar-refractivity contribution >= 4 is 29.0 Å². The Labute approximate surface area is 129 Å². The topological polar surface area (TPSA) is 68.0 Å². The summed E-state index contributed by atoms with van der Waals surface area (Å²) in [5.41, 5.74) is 10.5. The highest BCUT2D eigenvalue weighted by Crippen LogP contribution is 2.23. The highest BCUT2D eigenvalue weighted by Gasteiger charge is 2.09. The molecule has 110 valence electrons. The molecule has 2 rings (SSSR count). The molecule has 0 unspecified atom stereocenters. The Bertz CT molecular complexity index is 630. The van der Waals surface area contributed by atoms with Gasteiger partial charge in [0.05, 0.1) is 22.7 Å². The van der Waals surface area contributed by atoms with Crippen molar-refractivity contribution in [2.24, 2.45) is 0 Å². The summed E-state index contributed by atoms with van der Waals surface area (Å²) in [5.74, 6) is 0.289. The lowest BCUT2D eigenvalue weighted by atomic mass is 10.1. The first-order valence-electron chi connectivity index (χ1n) is 6.68. The number of benzene rings is 1. The van der Waals surface area contributed by atoms with Gasteiger partial charge in [-0.3, -0.25) is 4.79 Å². The minimum atomic E-state index is -0.0336. The lowest BCUT2D eigenvalue weighted by molar-refractivity contribution is -0.113. The number of hydrogen-bond acceptors (Lipinski definition) is 4. The summed E-state index contributed by atoms with van der Waals surface area (Å²) < 4.78 is 0. The summed E-state index contributed by atoms with van der Waals surface area (Å²) in [4.78, 5) is 16.2. The standard InChI is InChI=1S/C16H19N3OS/c1-10-6-11(2)16(12(3)7-10)19-14(20)9-21-15-5-4-13(17)8-18-15/h4-8H,9,17H2,1-3H3,(H,19,20). The smallest absolute Gasteiger partial charge is 0.234 e. The maximum atomic E-state index is 12.1. The Morgan fingerprint density at radius 1 is 1.24 bits per heavy atom. The maximum absolute atomic E-state index is 12.1. The first-order chi connectivity index (χ1) is 9.95. The molecule has 5 heteroatoms. The molecule has 0 aliphatic carbocycles. The number of nitrogen functional groups attached to an aromatic ring is 1. The summed E-state index contributed by atoms with van der Waals surface area (Å²) in [5, 5.41) is 3.76. The normalized spacial score (nSPS) is 10.4. The van der Waals surface area contributed by atoms with Crippen molar-refractivity contribution in [2.75, 3.05) is 16.8 Å². The number of aryl methyl sites for hydroxylation is 3. The predicted octanol–water partition coefficient (Wildman–Crippen LogP) is 3.32. The number of nitrogens with zero attached hydrogens (tertiary/aromatic N) is 1. The van der Waals surface area contributed by atoms with Crippen LogP contribution in [0.1, 0.15) is 16.7 Å². The van der Waals surface area contributed by atoms with E-state index in [-0.39, 0.29) is 5.91 Å². The SMILES string of the molecule is Cc1cc(C)c(NC(=O)CSc2ccc(N)cn2)c(C)c1. The van der Waals surface area contributed by atoms with Crippen molar-refractivity contribution in [3.05, 3.63) is 47.2 Å². The van der Waals surface area contributed by atoms with E-state index in [4.69, 9.17) is 5.73 Å². The second kappa shape index (κ2) is 6.63. The van der Waals surface area contributed by atoms with Crippen LogP contribution in [0.4, 0.5) is 11.4 Å². The van der Waals surface area contributed by atoms with E-state index in [1.165, 1.54) is 17.3 Å². The summed E-state index contributed by atoms with van der Waals surface area (Å²) in [6, 6.07) is 7.73. The average molecular weight is 301 g/mol. The first kappa shape index (κ1) is 15.4. The van der Waals surface area contributed by atoms with E-state index < -0.39 is 0 Å². The molecule has 0 aliphatic rings. The number of nitrogens with two attached hydrogens (primary N) is 1. The molecule has 1 amide bonds. The molecule has 0 atom stereocenters. The van der Waals surface area contributed by atoms with Crippen molar-refractivity contribution < 1.29 is 4.79 Å². The number of carbonyl (C=O) groups is 1. The van der Waals surface area contributed by atoms with Crippen LogP contribution in [0.2, 0.25) is 0 Å². The molecule has 0 fully saturated rings. The molecule has 0 bridgehead atoms. The van der Waals surface area contributed by atoms with Crippen LogP contribution in [0, 0.1) is 20.8 Å². The van der Waals surface area contributed by atoms with Crippen molar-refractivity contribution in [3.63, 3.8) is 0 Å². The van der Waals surface area contributed by atoms with Gasteiger partial charge in [-0.05, 0) is 44.0 Å². The minimum Gasteiger partial charge on any atom is -0.397 e. The zero-order valence-corrected chi connectivity index (χ0v) is 13.3. The summed E-state index contributed by atoms with van der Waals surface area (Å²) in [7, 11) is 0. The zero-order chi connectivity index (χ0) is 15.4. The number of aromatic nitrogens is 1. The fraction of sp³-hybridized carbons (Fsp3) is 0.250. The van der Waals surface area contributed by atoms with Crippen LogP contribution in [0.25, 0.3) is 0 Å². The maximum Gasteiger partial charge on any atom is 0.234 e. The number of thioether (sulfide) groups is 1. The number of anilines is 2. The van der Waals surface area contributed by atoms with E-state index >= 15 is 0 Å². The lowest BCUT2D eigenvalue weighted by Gasteiger charge is -2.12. The molecule has 0 saturated carbocycles. The van der Waals surface area contributed by atoms with Gasteiger partial charge in [0, 0.05) is 5.69 Å². The Morgan fingerprint density at radius 2 is 1.90 bits per heavy atom. The van der Waals surface area contributed by atoms with Gasteiger partial charge in [0.1, 0.15) is 0 Å². The van der Waals surface area contributed by atoms with E-state index in [2.05, 4.69) is 22.4 Å². The van der Waals surface area contributed by atoms with Gasteiger partial charge >= 0.3 is 0 Å². The second-order valence-corrected chi connectivity index (χ2v) is 6.04. The van der Waals surface area contributed by atoms with Crippen LogP contribution < -0.4 is 11.1 Å². The third kappa shape index (κ3) is 4.23. The molecule has 1 aromatic carbocycles. The summed E-state index contributed by atoms with van der Waals surface area (Å²) in [6.45, 7) is 6.06. The molecular weight excluding hydrogens is 282 g/mol. The Hall–Kier alpha value is -2.01. The molecule has 0 aliphatic heterocycles. The van der Waals surface area contributed by atoms with Gasteiger partial charge in [-0.25, -0.2) is 4.98 Å². The van der Waals surface area contributed by atoms with Gasteiger partial charge in [-0.15, -0.1) is 0 Å². The van der Waals surface area contributed by atoms with Crippen LogP contribution in [0.5, 0.6) is 0 Å². The Kier molecular flexibility index (Phi) is 4.85. The zero-order valence-electron chi connectivity index (χ0n) is 12.4. The molecule has 0 radical (unpaired) electrons. The summed E-state index contributed by atoms with van der Waals surface area (Å²) in [6.07, 6.45) is 1.59. The summed E-state index contributed by atoms with van der Waals surface area (Å²) >= 11 is 1.39. The van der Waals surface area contributed by atoms with E-state index in [1.807, 2.05) is 26.8 Å². The van der Waals surface area contributed by atoms with Crippen LogP contribution in [-0.4, -0.2) is 16.6 Å². The minimum absolute atomic E-state index is 0.0336. The third-order valence-electron chi connectivity index (χ3n) is 3.05. The first-order valence-corrected chi connectivity index (χ1v) is 7.66. The van der Waals surface area contributed by atoms with Gasteiger partial charge in [0.2, 0.25) is 5.91 Å². The fourth-order valence-electron chi connectivity index (χ4n) is 2.17. The van der Waals surface area contributed by atoms with E-state index in [9.17, 15) is 4.79 Å².